The van der Waals surface area contributed by atoms with Crippen LogP contribution in [0.5, 0.6) is 11.5 Å². The Morgan fingerprint density at radius 1 is 1.20 bits per heavy atom. The molecule has 0 bridgehead atoms. The third kappa shape index (κ3) is 1.04. The Labute approximate surface area is 58.2 Å². The Hall–Kier alpha value is -1.22. The van der Waals surface area contributed by atoms with Crippen molar-refractivity contribution >= 4 is 0 Å². The smallest absolute Gasteiger partial charge is 0.124 e. The van der Waals surface area contributed by atoms with Gasteiger partial charge in [0.05, 0.1) is 5.56 Å². The summed E-state index contributed by atoms with van der Waals surface area (Å²) >= 11 is 0. The van der Waals surface area contributed by atoms with Crippen LogP contribution in [0.25, 0.3) is 0 Å². The second-order valence-corrected chi connectivity index (χ2v) is 1.92. The molecule has 3 nitrogen and oxygen atoms in total. The Balaban J connectivity index is 3.17. The molecule has 1 aromatic rings. The van der Waals surface area contributed by atoms with Crippen LogP contribution in [0.4, 0.5) is 0 Å². The van der Waals surface area contributed by atoms with E-state index in [0.29, 0.717) is 0 Å². The van der Waals surface area contributed by atoms with Gasteiger partial charge in [0.15, 0.2) is 0 Å². The van der Waals surface area contributed by atoms with Crippen LogP contribution in [0, 0.1) is 0 Å². The number of benzene rings is 1. The van der Waals surface area contributed by atoms with Gasteiger partial charge in [-0.15, -0.1) is 0 Å². The predicted molar refractivity (Wildman–Crippen MR) is 34.2 cm³/mol. The van der Waals surface area contributed by atoms with Gasteiger partial charge in [0.1, 0.15) is 18.1 Å². The molecule has 0 heterocycles. The molecule has 53 valence electrons. The summed E-state index contributed by atoms with van der Waals surface area (Å²) < 4.78 is 0. The highest BCUT2D eigenvalue weighted by Gasteiger charge is 2.03. The number of hydrogen-bond acceptors (Lipinski definition) is 2. The van der Waals surface area contributed by atoms with Crippen LogP contribution in [0.15, 0.2) is 18.2 Å². The molecule has 0 saturated carbocycles. The average Bonchev–Trinajstić information content (AvgIpc) is 1.88. The number of aromatic hydroxyl groups is 2. The summed E-state index contributed by atoms with van der Waals surface area (Å²) in [6, 6.07) is 4.21. The van der Waals surface area contributed by atoms with Crippen molar-refractivity contribution in [2.75, 3.05) is 0 Å². The van der Waals surface area contributed by atoms with Crippen LogP contribution in [0.3, 0.4) is 0 Å². The average molecular weight is 139 g/mol. The van der Waals surface area contributed by atoms with Crippen LogP contribution in [-0.2, 0) is 11.7 Å². The highest BCUT2D eigenvalue weighted by molar-refractivity contribution is 5.42. The first-order valence-electron chi connectivity index (χ1n) is 2.83. The maximum absolute atomic E-state index is 10.3. The van der Waals surface area contributed by atoms with Gasteiger partial charge >= 0.3 is 0 Å². The summed E-state index contributed by atoms with van der Waals surface area (Å²) in [5, 5.41) is 28.1. The van der Waals surface area contributed by atoms with Crippen molar-refractivity contribution in [1.29, 1.82) is 0 Å². The molecule has 1 rings (SSSR count). The Bertz CT molecular complexity index is 212. The first-order valence-corrected chi connectivity index (χ1v) is 2.83. The van der Waals surface area contributed by atoms with Gasteiger partial charge in [-0.25, -0.2) is 5.11 Å². The highest BCUT2D eigenvalue weighted by Crippen LogP contribution is 2.25. The molecule has 0 aliphatic carbocycles. The normalized spacial score (nSPS) is 9.70. The van der Waals surface area contributed by atoms with E-state index in [0.717, 1.165) is 0 Å². The predicted octanol–water partition coefficient (Wildman–Crippen LogP) is 1.03. The van der Waals surface area contributed by atoms with E-state index >= 15 is 0 Å². The van der Waals surface area contributed by atoms with Crippen molar-refractivity contribution in [1.82, 2.24) is 0 Å². The molecule has 2 N–H and O–H groups in total. The lowest BCUT2D eigenvalue weighted by molar-refractivity contribution is 0.171. The molecule has 1 aromatic carbocycles. The van der Waals surface area contributed by atoms with Gasteiger partial charge < -0.3 is 10.2 Å². The topological polar surface area (TPSA) is 60.4 Å². The van der Waals surface area contributed by atoms with Crippen molar-refractivity contribution in [3.8, 4) is 11.5 Å². The Kier molecular flexibility index (Phi) is 1.78. The molecule has 0 aliphatic rings. The minimum atomic E-state index is -0.599. The largest absolute Gasteiger partial charge is 0.507 e. The van der Waals surface area contributed by atoms with Crippen LogP contribution in [-0.4, -0.2) is 10.2 Å². The summed E-state index contributed by atoms with van der Waals surface area (Å²) in [6.45, 7) is -0.599. The van der Waals surface area contributed by atoms with E-state index in [1.54, 1.807) is 0 Å². The zero-order valence-corrected chi connectivity index (χ0v) is 5.24. The van der Waals surface area contributed by atoms with E-state index in [2.05, 4.69) is 0 Å². The molecule has 0 aromatic heterocycles. The quantitative estimate of drug-likeness (QED) is 0.610. The van der Waals surface area contributed by atoms with E-state index in [-0.39, 0.29) is 17.1 Å². The van der Waals surface area contributed by atoms with Gasteiger partial charge in [0, 0.05) is 0 Å². The maximum Gasteiger partial charge on any atom is 0.124 e. The molecule has 0 fully saturated rings. The molecule has 0 spiro atoms. The van der Waals surface area contributed by atoms with Gasteiger partial charge in [-0.1, -0.05) is 6.07 Å². The maximum atomic E-state index is 10.3. The molecule has 0 amide bonds. The SMILES string of the molecule is [O]Cc1c(O)cccc1O. The van der Waals surface area contributed by atoms with Gasteiger partial charge in [-0.3, -0.25) is 0 Å². The molecule has 0 unspecified atom stereocenters. The molecule has 10 heavy (non-hydrogen) atoms. The second-order valence-electron chi connectivity index (χ2n) is 1.92. The zero-order chi connectivity index (χ0) is 7.56. The van der Waals surface area contributed by atoms with Crippen molar-refractivity contribution < 1.29 is 15.3 Å². The monoisotopic (exact) mass is 139 g/mol. The lowest BCUT2D eigenvalue weighted by Gasteiger charge is -2.00. The molecule has 0 aliphatic heterocycles. The minimum Gasteiger partial charge on any atom is -0.507 e. The number of hydrogen-bond donors (Lipinski definition) is 2. The summed E-state index contributed by atoms with van der Waals surface area (Å²) in [4.78, 5) is 0. The number of rotatable bonds is 1. The van der Waals surface area contributed by atoms with E-state index in [1.165, 1.54) is 18.2 Å². The summed E-state index contributed by atoms with van der Waals surface area (Å²) in [5.41, 5.74) is 0.0579. The van der Waals surface area contributed by atoms with E-state index < -0.39 is 6.61 Å². The highest BCUT2D eigenvalue weighted by atomic mass is 16.3. The standard InChI is InChI=1S/C7H7O3/c8-4-5-6(9)2-1-3-7(5)10/h1-3,9-10H,4H2. The fraction of sp³-hybridized carbons (Fsp3) is 0.143. The van der Waals surface area contributed by atoms with Crippen molar-refractivity contribution in [3.05, 3.63) is 23.8 Å². The van der Waals surface area contributed by atoms with E-state index in [4.69, 9.17) is 10.2 Å². The fourth-order valence-electron chi connectivity index (χ4n) is 0.711. The van der Waals surface area contributed by atoms with Gasteiger partial charge in [-0.2, -0.15) is 0 Å². The number of phenols is 2. The van der Waals surface area contributed by atoms with Crippen LogP contribution < -0.4 is 0 Å². The van der Waals surface area contributed by atoms with Gasteiger partial charge in [0.25, 0.3) is 0 Å². The lowest BCUT2D eigenvalue weighted by atomic mass is 10.2. The third-order valence-electron chi connectivity index (χ3n) is 1.27. The molecule has 3 heteroatoms. The van der Waals surface area contributed by atoms with Gasteiger partial charge in [0.2, 0.25) is 0 Å². The number of phenolic OH excluding ortho intramolecular Hbond substituents is 2. The second kappa shape index (κ2) is 2.58. The zero-order valence-electron chi connectivity index (χ0n) is 5.24. The molecule has 0 atom stereocenters. The lowest BCUT2D eigenvalue weighted by Crippen LogP contribution is -1.82. The third-order valence-corrected chi connectivity index (χ3v) is 1.27. The van der Waals surface area contributed by atoms with Crippen LogP contribution >= 0.6 is 0 Å². The molecule has 1 radical (unpaired) electrons. The summed E-state index contributed by atoms with van der Waals surface area (Å²) in [6.07, 6.45) is 0. The first kappa shape index (κ1) is 6.89. The van der Waals surface area contributed by atoms with E-state index in [9.17, 15) is 5.11 Å². The molecular weight excluding hydrogens is 132 g/mol. The fourth-order valence-corrected chi connectivity index (χ4v) is 0.711. The van der Waals surface area contributed by atoms with E-state index in [1.807, 2.05) is 0 Å². The first-order chi connectivity index (χ1) is 4.75. The summed E-state index contributed by atoms with van der Waals surface area (Å²) in [5.74, 6) is -0.287. The summed E-state index contributed by atoms with van der Waals surface area (Å²) in [7, 11) is 0. The molecular formula is C7H7O3. The van der Waals surface area contributed by atoms with Crippen molar-refractivity contribution in [2.24, 2.45) is 0 Å². The van der Waals surface area contributed by atoms with Crippen LogP contribution in [0.1, 0.15) is 5.56 Å². The van der Waals surface area contributed by atoms with Crippen molar-refractivity contribution in [2.45, 2.75) is 6.61 Å². The van der Waals surface area contributed by atoms with Crippen LogP contribution in [0.2, 0.25) is 0 Å². The molecule has 0 saturated heterocycles. The Morgan fingerprint density at radius 3 is 2.00 bits per heavy atom. The minimum absolute atomic E-state index is 0.0579. The Morgan fingerprint density at radius 2 is 1.70 bits per heavy atom. The van der Waals surface area contributed by atoms with Gasteiger partial charge in [-0.05, 0) is 12.1 Å². The van der Waals surface area contributed by atoms with Crippen molar-refractivity contribution in [3.63, 3.8) is 0 Å².